The maximum absolute atomic E-state index is 12.5. The largest absolute Gasteiger partial charge is 0.497 e. The van der Waals surface area contributed by atoms with Gasteiger partial charge in [0.2, 0.25) is 0 Å². The minimum absolute atomic E-state index is 0.124. The van der Waals surface area contributed by atoms with Crippen LogP contribution < -0.4 is 19.5 Å². The fourth-order valence-corrected chi connectivity index (χ4v) is 2.18. The number of nitro groups is 1. The van der Waals surface area contributed by atoms with Gasteiger partial charge in [0.1, 0.15) is 11.3 Å². The van der Waals surface area contributed by atoms with E-state index in [2.05, 4.69) is 5.32 Å². The predicted molar refractivity (Wildman–Crippen MR) is 91.8 cm³/mol. The Kier molecular flexibility index (Phi) is 5.78. The summed E-state index contributed by atoms with van der Waals surface area (Å²) in [5, 5.41) is 13.9. The molecule has 0 radical (unpaired) electrons. The fourth-order valence-electron chi connectivity index (χ4n) is 2.18. The third-order valence-electron chi connectivity index (χ3n) is 3.37. The molecule has 8 heteroatoms. The molecule has 0 aliphatic carbocycles. The van der Waals surface area contributed by atoms with Crippen molar-refractivity contribution in [3.05, 3.63) is 52.1 Å². The Morgan fingerprint density at radius 3 is 2.32 bits per heavy atom. The van der Waals surface area contributed by atoms with E-state index in [1.54, 1.807) is 31.2 Å². The highest BCUT2D eigenvalue weighted by Gasteiger charge is 2.24. The first-order valence-corrected chi connectivity index (χ1v) is 7.44. The van der Waals surface area contributed by atoms with Gasteiger partial charge in [-0.05, 0) is 31.2 Å². The van der Waals surface area contributed by atoms with Gasteiger partial charge in [0.25, 0.3) is 11.6 Å². The molecule has 0 heterocycles. The monoisotopic (exact) mass is 346 g/mol. The number of anilines is 1. The zero-order valence-electron chi connectivity index (χ0n) is 14.1. The first kappa shape index (κ1) is 18.1. The standard InChI is InChI=1S/C17H18N2O6/c1-4-25-16-10-14(19(21)22)13(9-15(16)24-3)17(20)18-11-5-7-12(23-2)8-6-11/h5-10H,4H2,1-3H3,(H,18,20). The molecule has 2 rings (SSSR count). The summed E-state index contributed by atoms with van der Waals surface area (Å²) >= 11 is 0. The van der Waals surface area contributed by atoms with Crippen LogP contribution in [0.2, 0.25) is 0 Å². The van der Waals surface area contributed by atoms with E-state index in [1.165, 1.54) is 26.4 Å². The maximum Gasteiger partial charge on any atom is 0.286 e. The van der Waals surface area contributed by atoms with Crippen LogP contribution in [0.4, 0.5) is 11.4 Å². The van der Waals surface area contributed by atoms with Crippen molar-refractivity contribution in [2.75, 3.05) is 26.1 Å². The van der Waals surface area contributed by atoms with E-state index in [9.17, 15) is 14.9 Å². The summed E-state index contributed by atoms with van der Waals surface area (Å²) in [4.78, 5) is 23.2. The molecule has 0 bridgehead atoms. The molecule has 0 atom stereocenters. The molecule has 0 unspecified atom stereocenters. The van der Waals surface area contributed by atoms with Crippen LogP contribution >= 0.6 is 0 Å². The van der Waals surface area contributed by atoms with Crippen molar-refractivity contribution in [2.24, 2.45) is 0 Å². The number of methoxy groups -OCH3 is 2. The van der Waals surface area contributed by atoms with Crippen LogP contribution in [0.25, 0.3) is 0 Å². The van der Waals surface area contributed by atoms with Gasteiger partial charge >= 0.3 is 0 Å². The summed E-state index contributed by atoms with van der Waals surface area (Å²) in [7, 11) is 2.93. The first-order chi connectivity index (χ1) is 12.0. The van der Waals surface area contributed by atoms with E-state index in [-0.39, 0.29) is 22.7 Å². The molecule has 1 amide bonds. The zero-order chi connectivity index (χ0) is 18.4. The van der Waals surface area contributed by atoms with Gasteiger partial charge < -0.3 is 19.5 Å². The van der Waals surface area contributed by atoms with Gasteiger partial charge in [-0.1, -0.05) is 0 Å². The summed E-state index contributed by atoms with van der Waals surface area (Å²) < 4.78 is 15.5. The second-order valence-corrected chi connectivity index (χ2v) is 4.89. The van der Waals surface area contributed by atoms with Crippen molar-refractivity contribution in [1.29, 1.82) is 0 Å². The van der Waals surface area contributed by atoms with Gasteiger partial charge in [0.15, 0.2) is 11.5 Å². The lowest BCUT2D eigenvalue weighted by molar-refractivity contribution is -0.385. The minimum Gasteiger partial charge on any atom is -0.497 e. The number of hydrogen-bond acceptors (Lipinski definition) is 6. The van der Waals surface area contributed by atoms with Crippen LogP contribution in [0.3, 0.4) is 0 Å². The molecule has 0 fully saturated rings. The first-order valence-electron chi connectivity index (χ1n) is 7.44. The number of rotatable bonds is 7. The molecule has 25 heavy (non-hydrogen) atoms. The number of benzene rings is 2. The molecule has 0 spiro atoms. The summed E-state index contributed by atoms with van der Waals surface area (Å²) in [5.74, 6) is 0.454. The average Bonchev–Trinajstić information content (AvgIpc) is 2.62. The van der Waals surface area contributed by atoms with Crippen LogP contribution in [0.5, 0.6) is 17.2 Å². The normalized spacial score (nSPS) is 10.0. The summed E-state index contributed by atoms with van der Waals surface area (Å²) in [5.41, 5.74) is -0.00988. The van der Waals surface area contributed by atoms with Gasteiger partial charge in [-0.2, -0.15) is 0 Å². The Labute approximate surface area is 144 Å². The van der Waals surface area contributed by atoms with Crippen LogP contribution in [0, 0.1) is 10.1 Å². The van der Waals surface area contributed by atoms with Crippen molar-refractivity contribution in [3.8, 4) is 17.2 Å². The van der Waals surface area contributed by atoms with Crippen LogP contribution in [-0.2, 0) is 0 Å². The molecule has 0 aliphatic heterocycles. The quantitative estimate of drug-likeness (QED) is 0.610. The second-order valence-electron chi connectivity index (χ2n) is 4.89. The Morgan fingerprint density at radius 1 is 1.12 bits per heavy atom. The Balaban J connectivity index is 2.37. The number of hydrogen-bond donors (Lipinski definition) is 1. The molecular formula is C17H18N2O6. The average molecular weight is 346 g/mol. The van der Waals surface area contributed by atoms with E-state index >= 15 is 0 Å². The van der Waals surface area contributed by atoms with Crippen LogP contribution in [-0.4, -0.2) is 31.7 Å². The summed E-state index contributed by atoms with van der Waals surface area (Å²) in [6.45, 7) is 2.06. The topological polar surface area (TPSA) is 99.9 Å². The van der Waals surface area contributed by atoms with Gasteiger partial charge in [-0.15, -0.1) is 0 Å². The molecule has 0 saturated heterocycles. The molecule has 0 saturated carbocycles. The Bertz CT molecular complexity index is 773. The molecule has 8 nitrogen and oxygen atoms in total. The number of nitrogens with one attached hydrogen (secondary N) is 1. The Morgan fingerprint density at radius 2 is 1.80 bits per heavy atom. The highest BCUT2D eigenvalue weighted by Crippen LogP contribution is 2.35. The van der Waals surface area contributed by atoms with Crippen LogP contribution in [0.1, 0.15) is 17.3 Å². The van der Waals surface area contributed by atoms with Gasteiger partial charge in [0.05, 0.1) is 31.8 Å². The van der Waals surface area contributed by atoms with E-state index < -0.39 is 10.8 Å². The predicted octanol–water partition coefficient (Wildman–Crippen LogP) is 3.26. The van der Waals surface area contributed by atoms with Crippen molar-refractivity contribution in [3.63, 3.8) is 0 Å². The second kappa shape index (κ2) is 8.00. The van der Waals surface area contributed by atoms with Crippen molar-refractivity contribution < 1.29 is 23.9 Å². The van der Waals surface area contributed by atoms with Crippen LogP contribution in [0.15, 0.2) is 36.4 Å². The van der Waals surface area contributed by atoms with Gasteiger partial charge in [-0.25, -0.2) is 0 Å². The van der Waals surface area contributed by atoms with Crippen molar-refractivity contribution in [1.82, 2.24) is 0 Å². The lowest BCUT2D eigenvalue weighted by Gasteiger charge is -2.12. The molecule has 0 aromatic heterocycles. The van der Waals surface area contributed by atoms with Gasteiger partial charge in [0, 0.05) is 11.8 Å². The van der Waals surface area contributed by atoms with E-state index in [1.807, 2.05) is 0 Å². The Hall–Kier alpha value is -3.29. The minimum atomic E-state index is -0.634. The lowest BCUT2D eigenvalue weighted by Crippen LogP contribution is -2.14. The van der Waals surface area contributed by atoms with E-state index in [0.29, 0.717) is 18.0 Å². The molecule has 132 valence electrons. The highest BCUT2D eigenvalue weighted by molar-refractivity contribution is 6.07. The fraction of sp³-hybridized carbons (Fsp3) is 0.235. The number of amides is 1. The van der Waals surface area contributed by atoms with Crippen molar-refractivity contribution in [2.45, 2.75) is 6.92 Å². The summed E-state index contributed by atoms with van der Waals surface area (Å²) in [6.07, 6.45) is 0. The molecule has 0 aliphatic rings. The summed E-state index contributed by atoms with van der Waals surface area (Å²) in [6, 6.07) is 9.08. The smallest absolute Gasteiger partial charge is 0.286 e. The number of ether oxygens (including phenoxy) is 3. The number of carbonyl (C=O) groups excluding carboxylic acids is 1. The van der Waals surface area contributed by atoms with E-state index in [4.69, 9.17) is 14.2 Å². The SMILES string of the molecule is CCOc1cc([N+](=O)[O-])c(C(=O)Nc2ccc(OC)cc2)cc1OC. The molecule has 2 aromatic carbocycles. The molecule has 2 aromatic rings. The van der Waals surface area contributed by atoms with Crippen molar-refractivity contribution >= 4 is 17.3 Å². The number of nitrogens with zero attached hydrogens (tertiary/aromatic N) is 1. The van der Waals surface area contributed by atoms with Gasteiger partial charge in [-0.3, -0.25) is 14.9 Å². The third kappa shape index (κ3) is 4.17. The van der Waals surface area contributed by atoms with E-state index in [0.717, 1.165) is 0 Å². The lowest BCUT2D eigenvalue weighted by atomic mass is 10.1. The highest BCUT2D eigenvalue weighted by atomic mass is 16.6. The maximum atomic E-state index is 12.5. The number of nitro benzene ring substituents is 1. The number of carbonyl (C=O) groups is 1. The zero-order valence-corrected chi connectivity index (χ0v) is 14.1. The molecular weight excluding hydrogens is 328 g/mol. The third-order valence-corrected chi connectivity index (χ3v) is 3.37. The molecule has 1 N–H and O–H groups in total.